The molecule has 18 heavy (non-hydrogen) atoms. The van der Waals surface area contributed by atoms with Crippen LogP contribution in [0.2, 0.25) is 0 Å². The zero-order chi connectivity index (χ0) is 13.4. The lowest BCUT2D eigenvalue weighted by Crippen LogP contribution is -2.39. The van der Waals surface area contributed by atoms with Gasteiger partial charge in [0.05, 0.1) is 20.6 Å². The number of rotatable bonds is 6. The second kappa shape index (κ2) is 7.45. The van der Waals surface area contributed by atoms with Crippen LogP contribution in [0.15, 0.2) is 30.3 Å². The minimum absolute atomic E-state index is 0.0456. The summed E-state index contributed by atoms with van der Waals surface area (Å²) in [7, 11) is 2.57. The number of nitrogens with one attached hydrogen (secondary N) is 1. The lowest BCUT2D eigenvalue weighted by atomic mass is 10.1. The molecule has 1 aromatic carbocycles. The summed E-state index contributed by atoms with van der Waals surface area (Å²) in [6.45, 7) is 0.484. The summed E-state index contributed by atoms with van der Waals surface area (Å²) >= 11 is 0. The zero-order valence-electron chi connectivity index (χ0n) is 10.5. The van der Waals surface area contributed by atoms with Crippen LogP contribution < -0.4 is 5.32 Å². The quantitative estimate of drug-likeness (QED) is 0.760. The van der Waals surface area contributed by atoms with E-state index in [-0.39, 0.29) is 6.42 Å². The molecule has 0 amide bonds. The SMILES string of the molecule is COC(=O)C[C@@H](NCc1ccccc1)C(=O)OC. The topological polar surface area (TPSA) is 64.6 Å². The van der Waals surface area contributed by atoms with Crippen LogP contribution in [0.25, 0.3) is 0 Å². The van der Waals surface area contributed by atoms with Crippen LogP contribution in [0.1, 0.15) is 12.0 Å². The van der Waals surface area contributed by atoms with Gasteiger partial charge in [-0.25, -0.2) is 0 Å². The molecule has 1 rings (SSSR count). The highest BCUT2D eigenvalue weighted by molar-refractivity contribution is 5.82. The van der Waals surface area contributed by atoms with Gasteiger partial charge >= 0.3 is 11.9 Å². The molecule has 1 atom stereocenters. The van der Waals surface area contributed by atoms with Crippen LogP contribution in [0.3, 0.4) is 0 Å². The van der Waals surface area contributed by atoms with E-state index in [0.717, 1.165) is 5.56 Å². The van der Waals surface area contributed by atoms with Gasteiger partial charge in [-0.3, -0.25) is 14.9 Å². The maximum absolute atomic E-state index is 11.5. The lowest BCUT2D eigenvalue weighted by Gasteiger charge is -2.15. The monoisotopic (exact) mass is 251 g/mol. The molecule has 0 aliphatic carbocycles. The van der Waals surface area contributed by atoms with E-state index in [1.54, 1.807) is 0 Å². The van der Waals surface area contributed by atoms with E-state index in [9.17, 15) is 9.59 Å². The van der Waals surface area contributed by atoms with Crippen LogP contribution >= 0.6 is 0 Å². The first-order chi connectivity index (χ1) is 8.67. The molecule has 0 heterocycles. The van der Waals surface area contributed by atoms with Gasteiger partial charge in [0.15, 0.2) is 0 Å². The Hall–Kier alpha value is -1.88. The van der Waals surface area contributed by atoms with Gasteiger partial charge in [-0.05, 0) is 5.56 Å². The summed E-state index contributed by atoms with van der Waals surface area (Å²) in [5.74, 6) is -0.928. The van der Waals surface area contributed by atoms with Crippen molar-refractivity contribution >= 4 is 11.9 Å². The average molecular weight is 251 g/mol. The molecule has 0 aromatic heterocycles. The molecule has 0 spiro atoms. The van der Waals surface area contributed by atoms with Gasteiger partial charge in [0.2, 0.25) is 0 Å². The second-order valence-corrected chi connectivity index (χ2v) is 3.72. The summed E-state index contributed by atoms with van der Waals surface area (Å²) in [5.41, 5.74) is 1.02. The highest BCUT2D eigenvalue weighted by atomic mass is 16.5. The normalized spacial score (nSPS) is 11.7. The molecule has 1 aromatic rings. The summed E-state index contributed by atoms with van der Waals surface area (Å²) in [6, 6.07) is 8.89. The Labute approximate surface area is 106 Å². The first kappa shape index (κ1) is 14.2. The maximum Gasteiger partial charge on any atom is 0.323 e. The molecule has 0 radical (unpaired) electrons. The van der Waals surface area contributed by atoms with E-state index in [0.29, 0.717) is 6.54 Å². The van der Waals surface area contributed by atoms with Gasteiger partial charge in [0, 0.05) is 6.54 Å². The molecular formula is C13H17NO4. The van der Waals surface area contributed by atoms with E-state index in [2.05, 4.69) is 14.8 Å². The Bertz CT molecular complexity index is 391. The summed E-state index contributed by atoms with van der Waals surface area (Å²) in [4.78, 5) is 22.7. The van der Waals surface area contributed by atoms with E-state index in [1.807, 2.05) is 30.3 Å². The molecule has 0 saturated carbocycles. The van der Waals surface area contributed by atoms with Crippen molar-refractivity contribution in [3.8, 4) is 0 Å². The fraction of sp³-hybridized carbons (Fsp3) is 0.385. The largest absolute Gasteiger partial charge is 0.469 e. The van der Waals surface area contributed by atoms with Gasteiger partial charge in [-0.15, -0.1) is 0 Å². The number of carbonyl (C=O) groups excluding carboxylic acids is 2. The van der Waals surface area contributed by atoms with Crippen LogP contribution in [0.4, 0.5) is 0 Å². The van der Waals surface area contributed by atoms with Gasteiger partial charge in [0.25, 0.3) is 0 Å². The zero-order valence-corrected chi connectivity index (χ0v) is 10.5. The van der Waals surface area contributed by atoms with Crippen molar-refractivity contribution in [3.63, 3.8) is 0 Å². The van der Waals surface area contributed by atoms with Gasteiger partial charge in [0.1, 0.15) is 6.04 Å². The minimum atomic E-state index is -0.692. The maximum atomic E-state index is 11.5. The predicted molar refractivity (Wildman–Crippen MR) is 65.7 cm³/mol. The molecule has 5 nitrogen and oxygen atoms in total. The predicted octanol–water partition coefficient (Wildman–Crippen LogP) is 0.881. The van der Waals surface area contributed by atoms with Crippen LogP contribution in [-0.4, -0.2) is 32.2 Å². The molecule has 5 heteroatoms. The Balaban J connectivity index is 2.56. The van der Waals surface area contributed by atoms with Gasteiger partial charge in [-0.2, -0.15) is 0 Å². The Kier molecular flexibility index (Phi) is 5.87. The fourth-order valence-electron chi connectivity index (χ4n) is 1.47. The Morgan fingerprint density at radius 2 is 1.83 bits per heavy atom. The Morgan fingerprint density at radius 3 is 2.39 bits per heavy atom. The number of hydrogen-bond acceptors (Lipinski definition) is 5. The van der Waals surface area contributed by atoms with Crippen molar-refractivity contribution in [1.29, 1.82) is 0 Å². The first-order valence-electron chi connectivity index (χ1n) is 5.59. The van der Waals surface area contributed by atoms with E-state index in [4.69, 9.17) is 0 Å². The summed E-state index contributed by atoms with van der Waals surface area (Å²) < 4.78 is 9.18. The van der Waals surface area contributed by atoms with E-state index < -0.39 is 18.0 Å². The molecule has 0 saturated heterocycles. The summed E-state index contributed by atoms with van der Waals surface area (Å²) in [6.07, 6.45) is -0.0456. The van der Waals surface area contributed by atoms with Crippen LogP contribution in [0, 0.1) is 0 Å². The van der Waals surface area contributed by atoms with Crippen molar-refractivity contribution in [3.05, 3.63) is 35.9 Å². The molecule has 0 fully saturated rings. The second-order valence-electron chi connectivity index (χ2n) is 3.72. The third-order valence-electron chi connectivity index (χ3n) is 2.48. The van der Waals surface area contributed by atoms with Crippen LogP contribution in [-0.2, 0) is 25.6 Å². The number of ether oxygens (including phenoxy) is 2. The third-order valence-corrected chi connectivity index (χ3v) is 2.48. The average Bonchev–Trinajstić information content (AvgIpc) is 2.43. The number of esters is 2. The van der Waals surface area contributed by atoms with E-state index in [1.165, 1.54) is 14.2 Å². The van der Waals surface area contributed by atoms with Crippen molar-refractivity contribution in [2.24, 2.45) is 0 Å². The molecule has 1 N–H and O–H groups in total. The number of carbonyl (C=O) groups is 2. The molecule has 0 unspecified atom stereocenters. The fourth-order valence-corrected chi connectivity index (χ4v) is 1.47. The molecule has 0 bridgehead atoms. The molecule has 0 aliphatic heterocycles. The smallest absolute Gasteiger partial charge is 0.323 e. The van der Waals surface area contributed by atoms with Crippen molar-refractivity contribution in [2.45, 2.75) is 19.0 Å². The molecule has 0 aliphatic rings. The van der Waals surface area contributed by atoms with Gasteiger partial charge in [-0.1, -0.05) is 30.3 Å². The van der Waals surface area contributed by atoms with Crippen molar-refractivity contribution < 1.29 is 19.1 Å². The van der Waals surface area contributed by atoms with E-state index >= 15 is 0 Å². The van der Waals surface area contributed by atoms with Crippen molar-refractivity contribution in [1.82, 2.24) is 5.32 Å². The highest BCUT2D eigenvalue weighted by Gasteiger charge is 2.22. The molecular weight excluding hydrogens is 234 g/mol. The number of methoxy groups -OCH3 is 2. The number of benzene rings is 1. The summed E-state index contributed by atoms with van der Waals surface area (Å²) in [5, 5.41) is 2.98. The minimum Gasteiger partial charge on any atom is -0.469 e. The third kappa shape index (κ3) is 4.55. The lowest BCUT2D eigenvalue weighted by molar-refractivity contribution is -0.149. The van der Waals surface area contributed by atoms with Gasteiger partial charge < -0.3 is 9.47 Å². The standard InChI is InChI=1S/C13H17NO4/c1-17-12(15)8-11(13(16)18-2)14-9-10-6-4-3-5-7-10/h3-7,11,14H,8-9H2,1-2H3/t11-/m1/s1. The number of hydrogen-bond donors (Lipinski definition) is 1. The molecule has 98 valence electrons. The van der Waals surface area contributed by atoms with Crippen LogP contribution in [0.5, 0.6) is 0 Å². The van der Waals surface area contributed by atoms with Crippen molar-refractivity contribution in [2.75, 3.05) is 14.2 Å². The first-order valence-corrected chi connectivity index (χ1v) is 5.59. The highest BCUT2D eigenvalue weighted by Crippen LogP contribution is 2.02. The Morgan fingerprint density at radius 1 is 1.17 bits per heavy atom.